The van der Waals surface area contributed by atoms with Gasteiger partial charge in [0, 0.05) is 24.9 Å². The molecular weight excluding hydrogens is 319 g/mol. The SMILES string of the molecule is O=C(/C=C/c1cccc(F)c1)NCc1ccc(OC2CCCC2)nc1. The summed E-state index contributed by atoms with van der Waals surface area (Å²) in [6.45, 7) is 0.378. The number of benzene rings is 1. The molecule has 1 aliphatic rings. The molecule has 0 saturated heterocycles. The van der Waals surface area contributed by atoms with Crippen molar-refractivity contribution in [3.8, 4) is 5.88 Å². The summed E-state index contributed by atoms with van der Waals surface area (Å²) in [4.78, 5) is 16.1. The highest BCUT2D eigenvalue weighted by molar-refractivity contribution is 5.91. The first kappa shape index (κ1) is 17.1. The second-order valence-electron chi connectivity index (χ2n) is 6.14. The topological polar surface area (TPSA) is 51.2 Å². The summed E-state index contributed by atoms with van der Waals surface area (Å²) in [7, 11) is 0. The van der Waals surface area contributed by atoms with Crippen molar-refractivity contribution in [2.75, 3.05) is 0 Å². The monoisotopic (exact) mass is 340 g/mol. The first-order valence-electron chi connectivity index (χ1n) is 8.52. The molecule has 0 aliphatic heterocycles. The normalized spacial score (nSPS) is 14.8. The number of nitrogens with zero attached hydrogens (tertiary/aromatic N) is 1. The molecular formula is C20H21FN2O2. The zero-order valence-corrected chi connectivity index (χ0v) is 14.0. The van der Waals surface area contributed by atoms with Crippen LogP contribution < -0.4 is 10.1 Å². The van der Waals surface area contributed by atoms with Gasteiger partial charge in [-0.05, 0) is 55.0 Å². The summed E-state index contributed by atoms with van der Waals surface area (Å²) in [5.74, 6) is 0.0667. The zero-order chi connectivity index (χ0) is 17.5. The lowest BCUT2D eigenvalue weighted by molar-refractivity contribution is -0.116. The van der Waals surface area contributed by atoms with Gasteiger partial charge in [-0.2, -0.15) is 0 Å². The van der Waals surface area contributed by atoms with Crippen molar-refractivity contribution in [3.05, 3.63) is 65.6 Å². The van der Waals surface area contributed by atoms with Crippen molar-refractivity contribution in [2.24, 2.45) is 0 Å². The van der Waals surface area contributed by atoms with Gasteiger partial charge in [0.15, 0.2) is 0 Å². The van der Waals surface area contributed by atoms with E-state index in [1.165, 1.54) is 31.1 Å². The molecule has 130 valence electrons. The average molecular weight is 340 g/mol. The highest BCUT2D eigenvalue weighted by Gasteiger charge is 2.16. The number of hydrogen-bond acceptors (Lipinski definition) is 3. The molecule has 0 spiro atoms. The molecule has 1 N–H and O–H groups in total. The fraction of sp³-hybridized carbons (Fsp3) is 0.300. The lowest BCUT2D eigenvalue weighted by Crippen LogP contribution is -2.20. The molecule has 25 heavy (non-hydrogen) atoms. The first-order valence-corrected chi connectivity index (χ1v) is 8.52. The Bertz CT molecular complexity index is 738. The van der Waals surface area contributed by atoms with Gasteiger partial charge in [0.2, 0.25) is 11.8 Å². The zero-order valence-electron chi connectivity index (χ0n) is 14.0. The third-order valence-electron chi connectivity index (χ3n) is 4.13. The van der Waals surface area contributed by atoms with Crippen LogP contribution in [0.1, 0.15) is 36.8 Å². The summed E-state index contributed by atoms with van der Waals surface area (Å²) >= 11 is 0. The minimum absolute atomic E-state index is 0.240. The number of halogens is 1. The maximum absolute atomic E-state index is 13.1. The highest BCUT2D eigenvalue weighted by Crippen LogP contribution is 2.22. The molecule has 1 fully saturated rings. The first-order chi connectivity index (χ1) is 12.2. The van der Waals surface area contributed by atoms with Gasteiger partial charge in [0.05, 0.1) is 0 Å². The number of carbonyl (C=O) groups is 1. The van der Waals surface area contributed by atoms with Crippen LogP contribution in [0, 0.1) is 5.82 Å². The van der Waals surface area contributed by atoms with Gasteiger partial charge in [-0.3, -0.25) is 4.79 Å². The minimum Gasteiger partial charge on any atom is -0.474 e. The van der Waals surface area contributed by atoms with Crippen LogP contribution in [0.2, 0.25) is 0 Å². The number of aromatic nitrogens is 1. The summed E-state index contributed by atoms with van der Waals surface area (Å²) in [6.07, 6.45) is 9.59. The second-order valence-corrected chi connectivity index (χ2v) is 6.14. The van der Waals surface area contributed by atoms with E-state index in [4.69, 9.17) is 4.74 Å². The lowest BCUT2D eigenvalue weighted by Gasteiger charge is -2.12. The van der Waals surface area contributed by atoms with Crippen LogP contribution in [0.4, 0.5) is 4.39 Å². The van der Waals surface area contributed by atoms with Gasteiger partial charge in [0.1, 0.15) is 11.9 Å². The molecule has 4 nitrogen and oxygen atoms in total. The predicted molar refractivity (Wildman–Crippen MR) is 94.4 cm³/mol. The molecule has 0 bridgehead atoms. The van der Waals surface area contributed by atoms with E-state index in [2.05, 4.69) is 10.3 Å². The van der Waals surface area contributed by atoms with Crippen LogP contribution in [0.25, 0.3) is 6.08 Å². The van der Waals surface area contributed by atoms with Gasteiger partial charge in [-0.25, -0.2) is 9.37 Å². The molecule has 1 heterocycles. The molecule has 2 aromatic rings. The van der Waals surface area contributed by atoms with Crippen LogP contribution in [-0.2, 0) is 11.3 Å². The molecule has 3 rings (SSSR count). The van der Waals surface area contributed by atoms with Crippen molar-refractivity contribution in [2.45, 2.75) is 38.3 Å². The fourth-order valence-electron chi connectivity index (χ4n) is 2.79. The number of hydrogen-bond donors (Lipinski definition) is 1. The third kappa shape index (κ3) is 5.41. The molecule has 0 unspecified atom stereocenters. The lowest BCUT2D eigenvalue weighted by atomic mass is 10.2. The van der Waals surface area contributed by atoms with E-state index < -0.39 is 0 Å². The van der Waals surface area contributed by atoms with Crippen molar-refractivity contribution >= 4 is 12.0 Å². The Kier molecular flexibility index (Phi) is 5.77. The van der Waals surface area contributed by atoms with E-state index >= 15 is 0 Å². The smallest absolute Gasteiger partial charge is 0.244 e. The number of ether oxygens (including phenoxy) is 1. The van der Waals surface area contributed by atoms with Crippen molar-refractivity contribution in [1.29, 1.82) is 0 Å². The van der Waals surface area contributed by atoms with Crippen LogP contribution in [-0.4, -0.2) is 17.0 Å². The Hall–Kier alpha value is -2.69. The Labute approximate surface area is 146 Å². The third-order valence-corrected chi connectivity index (χ3v) is 4.13. The van der Waals surface area contributed by atoms with Crippen molar-refractivity contribution in [3.63, 3.8) is 0 Å². The maximum Gasteiger partial charge on any atom is 0.244 e. The van der Waals surface area contributed by atoms with Crippen LogP contribution in [0.3, 0.4) is 0 Å². The highest BCUT2D eigenvalue weighted by atomic mass is 19.1. The van der Waals surface area contributed by atoms with Gasteiger partial charge >= 0.3 is 0 Å². The van der Waals surface area contributed by atoms with Crippen LogP contribution >= 0.6 is 0 Å². The summed E-state index contributed by atoms with van der Waals surface area (Å²) in [5.41, 5.74) is 1.54. The van der Waals surface area contributed by atoms with Gasteiger partial charge in [-0.1, -0.05) is 18.2 Å². The molecule has 1 aromatic carbocycles. The van der Waals surface area contributed by atoms with Gasteiger partial charge in [-0.15, -0.1) is 0 Å². The number of carbonyl (C=O) groups excluding carboxylic acids is 1. The number of rotatable bonds is 6. The molecule has 1 amide bonds. The molecule has 1 saturated carbocycles. The molecule has 1 aromatic heterocycles. The molecule has 0 atom stereocenters. The summed E-state index contributed by atoms with van der Waals surface area (Å²) in [5, 5.41) is 2.78. The Morgan fingerprint density at radius 2 is 2.12 bits per heavy atom. The van der Waals surface area contributed by atoms with E-state index in [0.717, 1.165) is 18.4 Å². The Morgan fingerprint density at radius 3 is 2.84 bits per heavy atom. The second kappa shape index (κ2) is 8.42. The largest absolute Gasteiger partial charge is 0.474 e. The Balaban J connectivity index is 1.46. The summed E-state index contributed by atoms with van der Waals surface area (Å²) < 4.78 is 18.9. The van der Waals surface area contributed by atoms with E-state index in [9.17, 15) is 9.18 Å². The minimum atomic E-state index is -0.325. The van der Waals surface area contributed by atoms with Crippen molar-refractivity contribution in [1.82, 2.24) is 10.3 Å². The van der Waals surface area contributed by atoms with E-state index in [-0.39, 0.29) is 17.8 Å². The fourth-order valence-corrected chi connectivity index (χ4v) is 2.79. The van der Waals surface area contributed by atoms with Crippen molar-refractivity contribution < 1.29 is 13.9 Å². The average Bonchev–Trinajstić information content (AvgIpc) is 3.12. The quantitative estimate of drug-likeness (QED) is 0.812. The molecule has 0 radical (unpaired) electrons. The maximum atomic E-state index is 13.1. The van der Waals surface area contributed by atoms with Gasteiger partial charge in [0.25, 0.3) is 0 Å². The molecule has 5 heteroatoms. The van der Waals surface area contributed by atoms with Crippen LogP contribution in [0.5, 0.6) is 5.88 Å². The van der Waals surface area contributed by atoms with Gasteiger partial charge < -0.3 is 10.1 Å². The van der Waals surface area contributed by atoms with E-state index in [0.29, 0.717) is 18.0 Å². The number of amides is 1. The predicted octanol–water partition coefficient (Wildman–Crippen LogP) is 3.87. The standard InChI is InChI=1S/C20H21FN2O2/c21-17-5-3-4-15(12-17)8-10-19(24)22-13-16-9-11-20(23-14-16)25-18-6-1-2-7-18/h3-5,8-12,14,18H,1-2,6-7,13H2,(H,22,24)/b10-8+. The molecule has 1 aliphatic carbocycles. The number of nitrogens with one attached hydrogen (secondary N) is 1. The summed E-state index contributed by atoms with van der Waals surface area (Å²) in [6, 6.07) is 9.81. The Morgan fingerprint density at radius 1 is 1.28 bits per heavy atom. The van der Waals surface area contributed by atoms with E-state index in [1.54, 1.807) is 24.4 Å². The number of pyridine rings is 1. The van der Waals surface area contributed by atoms with E-state index in [1.807, 2.05) is 12.1 Å². The van der Waals surface area contributed by atoms with Crippen LogP contribution in [0.15, 0.2) is 48.7 Å².